The van der Waals surface area contributed by atoms with Crippen LogP contribution in [0.2, 0.25) is 0 Å². The van der Waals surface area contributed by atoms with Gasteiger partial charge in [0.05, 0.1) is 12.7 Å². The van der Waals surface area contributed by atoms with E-state index in [1.165, 1.54) is 5.56 Å². The van der Waals surface area contributed by atoms with E-state index in [1.807, 2.05) is 12.1 Å². The van der Waals surface area contributed by atoms with Crippen LogP contribution in [0.1, 0.15) is 39.2 Å². The molecule has 0 aromatic heterocycles. The molecule has 19 heavy (non-hydrogen) atoms. The summed E-state index contributed by atoms with van der Waals surface area (Å²) in [4.78, 5) is 0. The molecular formula is C16H27NO2. The molecule has 1 aromatic rings. The SMILES string of the molecule is CCNC(C)CCc1ccc(OCCC(C)O)cc1. The van der Waals surface area contributed by atoms with Crippen LogP contribution in [0.5, 0.6) is 5.75 Å². The van der Waals surface area contributed by atoms with Crippen molar-refractivity contribution >= 4 is 0 Å². The van der Waals surface area contributed by atoms with Crippen LogP contribution < -0.4 is 10.1 Å². The largest absolute Gasteiger partial charge is 0.493 e. The summed E-state index contributed by atoms with van der Waals surface area (Å²) < 4.78 is 5.56. The van der Waals surface area contributed by atoms with E-state index in [9.17, 15) is 0 Å². The molecule has 2 N–H and O–H groups in total. The average molecular weight is 265 g/mol. The number of ether oxygens (including phenoxy) is 1. The van der Waals surface area contributed by atoms with E-state index < -0.39 is 0 Å². The molecule has 0 aliphatic rings. The van der Waals surface area contributed by atoms with Gasteiger partial charge in [-0.1, -0.05) is 19.1 Å². The molecule has 1 aromatic carbocycles. The first-order valence-electron chi connectivity index (χ1n) is 7.25. The molecule has 0 saturated carbocycles. The van der Waals surface area contributed by atoms with Gasteiger partial charge in [0.1, 0.15) is 5.75 Å². The third kappa shape index (κ3) is 7.19. The van der Waals surface area contributed by atoms with Crippen LogP contribution in [-0.2, 0) is 6.42 Å². The fourth-order valence-electron chi connectivity index (χ4n) is 1.93. The van der Waals surface area contributed by atoms with Crippen LogP contribution in [0, 0.1) is 0 Å². The number of rotatable bonds is 9. The fourth-order valence-corrected chi connectivity index (χ4v) is 1.93. The minimum Gasteiger partial charge on any atom is -0.493 e. The molecule has 0 saturated heterocycles. The van der Waals surface area contributed by atoms with E-state index in [0.29, 0.717) is 19.1 Å². The summed E-state index contributed by atoms with van der Waals surface area (Å²) in [7, 11) is 0. The third-order valence-electron chi connectivity index (χ3n) is 3.15. The summed E-state index contributed by atoms with van der Waals surface area (Å²) in [6, 6.07) is 8.82. The predicted octanol–water partition coefficient (Wildman–Crippen LogP) is 2.77. The van der Waals surface area contributed by atoms with Gasteiger partial charge < -0.3 is 15.2 Å². The van der Waals surface area contributed by atoms with Crippen molar-refractivity contribution in [3.8, 4) is 5.75 Å². The third-order valence-corrected chi connectivity index (χ3v) is 3.15. The number of nitrogens with one attached hydrogen (secondary N) is 1. The summed E-state index contributed by atoms with van der Waals surface area (Å²) in [5.41, 5.74) is 1.34. The number of aliphatic hydroxyl groups excluding tert-OH is 1. The van der Waals surface area contributed by atoms with Gasteiger partial charge in [0.25, 0.3) is 0 Å². The first-order chi connectivity index (χ1) is 9.11. The molecule has 2 unspecified atom stereocenters. The topological polar surface area (TPSA) is 41.5 Å². The van der Waals surface area contributed by atoms with Gasteiger partial charge in [-0.3, -0.25) is 0 Å². The van der Waals surface area contributed by atoms with Crippen molar-refractivity contribution in [3.63, 3.8) is 0 Å². The zero-order chi connectivity index (χ0) is 14.1. The molecule has 3 nitrogen and oxygen atoms in total. The highest BCUT2D eigenvalue weighted by Crippen LogP contribution is 2.14. The van der Waals surface area contributed by atoms with Crippen LogP contribution >= 0.6 is 0 Å². The van der Waals surface area contributed by atoms with Crippen molar-refractivity contribution in [2.75, 3.05) is 13.2 Å². The van der Waals surface area contributed by atoms with E-state index in [0.717, 1.165) is 25.1 Å². The molecule has 0 aliphatic heterocycles. The van der Waals surface area contributed by atoms with Crippen LogP contribution in [0.4, 0.5) is 0 Å². The molecular weight excluding hydrogens is 238 g/mol. The normalized spacial score (nSPS) is 14.1. The Morgan fingerprint density at radius 2 is 1.84 bits per heavy atom. The smallest absolute Gasteiger partial charge is 0.119 e. The summed E-state index contributed by atoms with van der Waals surface area (Å²) in [5.74, 6) is 0.879. The van der Waals surface area contributed by atoms with Gasteiger partial charge in [-0.15, -0.1) is 0 Å². The van der Waals surface area contributed by atoms with Crippen LogP contribution in [0.25, 0.3) is 0 Å². The zero-order valence-corrected chi connectivity index (χ0v) is 12.4. The number of aryl methyl sites for hydroxylation is 1. The maximum absolute atomic E-state index is 9.15. The summed E-state index contributed by atoms with van der Waals surface area (Å²) >= 11 is 0. The Morgan fingerprint density at radius 3 is 2.42 bits per heavy atom. The minimum absolute atomic E-state index is 0.299. The molecule has 108 valence electrons. The predicted molar refractivity (Wildman–Crippen MR) is 79.7 cm³/mol. The van der Waals surface area contributed by atoms with Crippen molar-refractivity contribution in [2.24, 2.45) is 0 Å². The van der Waals surface area contributed by atoms with Crippen molar-refractivity contribution < 1.29 is 9.84 Å². The van der Waals surface area contributed by atoms with Crippen molar-refractivity contribution in [1.82, 2.24) is 5.32 Å². The Morgan fingerprint density at radius 1 is 1.16 bits per heavy atom. The maximum atomic E-state index is 9.15. The van der Waals surface area contributed by atoms with E-state index in [1.54, 1.807) is 6.92 Å². The van der Waals surface area contributed by atoms with E-state index in [-0.39, 0.29) is 6.10 Å². The quantitative estimate of drug-likeness (QED) is 0.721. The van der Waals surface area contributed by atoms with Gasteiger partial charge in [-0.05, 0) is 50.9 Å². The second kappa shape index (κ2) is 8.94. The molecule has 0 spiro atoms. The Balaban J connectivity index is 2.30. The lowest BCUT2D eigenvalue weighted by atomic mass is 10.1. The van der Waals surface area contributed by atoms with E-state index in [2.05, 4.69) is 31.3 Å². The molecule has 2 atom stereocenters. The minimum atomic E-state index is -0.299. The average Bonchev–Trinajstić information content (AvgIpc) is 2.38. The summed E-state index contributed by atoms with van der Waals surface area (Å²) in [5, 5.41) is 12.6. The van der Waals surface area contributed by atoms with Gasteiger partial charge in [0.2, 0.25) is 0 Å². The lowest BCUT2D eigenvalue weighted by Crippen LogP contribution is -2.25. The highest BCUT2D eigenvalue weighted by atomic mass is 16.5. The van der Waals surface area contributed by atoms with Gasteiger partial charge in [-0.25, -0.2) is 0 Å². The Hall–Kier alpha value is -1.06. The van der Waals surface area contributed by atoms with Gasteiger partial charge in [0.15, 0.2) is 0 Å². The molecule has 0 fully saturated rings. The van der Waals surface area contributed by atoms with Crippen molar-refractivity contribution in [3.05, 3.63) is 29.8 Å². The number of benzene rings is 1. The van der Waals surface area contributed by atoms with Crippen LogP contribution in [0.15, 0.2) is 24.3 Å². The molecule has 0 bridgehead atoms. The second-order valence-corrected chi connectivity index (χ2v) is 5.13. The lowest BCUT2D eigenvalue weighted by Gasteiger charge is -2.12. The molecule has 3 heteroatoms. The molecule has 1 rings (SSSR count). The molecule has 0 heterocycles. The first-order valence-corrected chi connectivity index (χ1v) is 7.25. The lowest BCUT2D eigenvalue weighted by molar-refractivity contribution is 0.155. The second-order valence-electron chi connectivity index (χ2n) is 5.13. The molecule has 0 aliphatic carbocycles. The Kier molecular flexibility index (Phi) is 7.53. The number of hydrogen-bond acceptors (Lipinski definition) is 3. The monoisotopic (exact) mass is 265 g/mol. The van der Waals surface area contributed by atoms with Crippen LogP contribution in [0.3, 0.4) is 0 Å². The van der Waals surface area contributed by atoms with Gasteiger partial charge >= 0.3 is 0 Å². The summed E-state index contributed by atoms with van der Waals surface area (Å²) in [6.07, 6.45) is 2.60. The highest BCUT2D eigenvalue weighted by Gasteiger charge is 2.02. The molecule has 0 radical (unpaired) electrons. The summed E-state index contributed by atoms with van der Waals surface area (Å²) in [6.45, 7) is 7.72. The zero-order valence-electron chi connectivity index (χ0n) is 12.4. The van der Waals surface area contributed by atoms with Crippen molar-refractivity contribution in [1.29, 1.82) is 0 Å². The van der Waals surface area contributed by atoms with Gasteiger partial charge in [0, 0.05) is 12.5 Å². The first kappa shape index (κ1) is 16.0. The Labute approximate surface area is 117 Å². The van der Waals surface area contributed by atoms with Gasteiger partial charge in [-0.2, -0.15) is 0 Å². The number of aliphatic hydroxyl groups is 1. The molecule has 0 amide bonds. The fraction of sp³-hybridized carbons (Fsp3) is 0.625. The van der Waals surface area contributed by atoms with Crippen molar-refractivity contribution in [2.45, 2.75) is 52.2 Å². The maximum Gasteiger partial charge on any atom is 0.119 e. The van der Waals surface area contributed by atoms with E-state index in [4.69, 9.17) is 9.84 Å². The van der Waals surface area contributed by atoms with E-state index >= 15 is 0 Å². The number of hydrogen-bond donors (Lipinski definition) is 2. The Bertz CT molecular complexity index is 335. The highest BCUT2D eigenvalue weighted by molar-refractivity contribution is 5.27. The standard InChI is InChI=1S/C16H27NO2/c1-4-17-13(2)5-6-15-7-9-16(10-8-15)19-12-11-14(3)18/h7-10,13-14,17-18H,4-6,11-12H2,1-3H3. The van der Waals surface area contributed by atoms with Crippen LogP contribution in [-0.4, -0.2) is 30.4 Å².